The molecule has 0 aromatic carbocycles. The Kier molecular flexibility index (Phi) is 8.89. The van der Waals surface area contributed by atoms with Crippen molar-refractivity contribution in [3.05, 3.63) is 0 Å². The first kappa shape index (κ1) is 36.5. The predicted molar refractivity (Wildman–Crippen MR) is 84.9 cm³/mol. The second-order valence-corrected chi connectivity index (χ2v) is 9.15. The highest BCUT2D eigenvalue weighted by molar-refractivity contribution is 5.17. The smallest absolute Gasteiger partial charge is 0.380 e. The molecule has 2 heterocycles. The van der Waals surface area contributed by atoms with Crippen molar-refractivity contribution in [1.82, 2.24) is 0 Å². The van der Waals surface area contributed by atoms with E-state index in [9.17, 15) is 92.2 Å². The van der Waals surface area contributed by atoms with Crippen LogP contribution in [0.2, 0.25) is 0 Å². The van der Waals surface area contributed by atoms with E-state index >= 15 is 0 Å². The number of alkyl halides is 21. The molecule has 2 nitrogen and oxygen atoms in total. The Bertz CT molecular complexity index is 907. The normalized spacial score (nSPS) is 36.2. The minimum Gasteiger partial charge on any atom is -0.380 e. The summed E-state index contributed by atoms with van der Waals surface area (Å²) in [6.07, 6.45) is -25.8. The van der Waals surface area contributed by atoms with Gasteiger partial charge in [0.25, 0.3) is 6.36 Å². The first-order valence-corrected chi connectivity index (χ1v) is 9.73. The van der Waals surface area contributed by atoms with Gasteiger partial charge >= 0.3 is 53.5 Å². The van der Waals surface area contributed by atoms with Crippen molar-refractivity contribution in [2.45, 2.75) is 86.0 Å². The Morgan fingerprint density at radius 1 is 0.450 bits per heavy atom. The maximum absolute atomic E-state index is 13.4. The van der Waals surface area contributed by atoms with Crippen molar-refractivity contribution in [2.75, 3.05) is 13.2 Å². The van der Waals surface area contributed by atoms with Crippen molar-refractivity contribution in [3.8, 4) is 0 Å². The summed E-state index contributed by atoms with van der Waals surface area (Å²) in [6.45, 7) is 6.31. The summed E-state index contributed by atoms with van der Waals surface area (Å²) in [5.41, 5.74) is 0.500. The molecule has 2 rings (SSSR count). The van der Waals surface area contributed by atoms with Gasteiger partial charge in [-0.25, -0.2) is 13.2 Å². The summed E-state index contributed by atoms with van der Waals surface area (Å²) in [5, 5.41) is 0. The number of halogens is 21. The van der Waals surface area contributed by atoms with Gasteiger partial charge in [0, 0.05) is 5.41 Å². The molecular formula is C17H13F21O2. The lowest BCUT2D eigenvalue weighted by molar-refractivity contribution is -0.461. The van der Waals surface area contributed by atoms with Crippen molar-refractivity contribution in [2.24, 2.45) is 5.41 Å². The van der Waals surface area contributed by atoms with Crippen LogP contribution < -0.4 is 0 Å². The summed E-state index contributed by atoms with van der Waals surface area (Å²) in [4.78, 5) is 0. The fourth-order valence-corrected chi connectivity index (χ4v) is 2.66. The van der Waals surface area contributed by atoms with Gasteiger partial charge in [0.05, 0.1) is 13.2 Å². The molecule has 3 unspecified atom stereocenters. The van der Waals surface area contributed by atoms with Crippen LogP contribution in [0, 0.1) is 5.41 Å². The molecule has 0 aromatic heterocycles. The van der Waals surface area contributed by atoms with Crippen LogP contribution in [0.25, 0.3) is 0 Å². The molecule has 0 bridgehead atoms. The largest absolute Gasteiger partial charge is 0.392 e. The Balaban J connectivity index is 0.00000117. The monoisotopic (exact) mass is 648 g/mol. The van der Waals surface area contributed by atoms with Crippen LogP contribution >= 0.6 is 0 Å². The number of hydrogen-bond donors (Lipinski definition) is 0. The highest BCUT2D eigenvalue weighted by Crippen LogP contribution is 2.65. The van der Waals surface area contributed by atoms with Gasteiger partial charge in [-0.1, -0.05) is 13.8 Å². The zero-order chi connectivity index (χ0) is 32.6. The summed E-state index contributed by atoms with van der Waals surface area (Å²) >= 11 is 0. The molecule has 240 valence electrons. The van der Waals surface area contributed by atoms with Crippen molar-refractivity contribution >= 4 is 0 Å². The Morgan fingerprint density at radius 2 is 0.725 bits per heavy atom. The van der Waals surface area contributed by atoms with Crippen LogP contribution in [0.4, 0.5) is 92.2 Å². The first-order chi connectivity index (χ1) is 17.2. The molecule has 2 saturated heterocycles. The molecule has 0 aliphatic carbocycles. The molecular weight excluding hydrogens is 635 g/mol. The van der Waals surface area contributed by atoms with Crippen LogP contribution in [0.15, 0.2) is 0 Å². The minimum absolute atomic E-state index is 0.500. The lowest BCUT2D eigenvalue weighted by Crippen LogP contribution is -2.76. The van der Waals surface area contributed by atoms with E-state index in [4.69, 9.17) is 4.74 Å². The summed E-state index contributed by atoms with van der Waals surface area (Å²) in [6, 6.07) is 0. The van der Waals surface area contributed by atoms with Gasteiger partial charge in [0.2, 0.25) is 12.3 Å². The Labute approximate surface area is 207 Å². The fraction of sp³-hybridized carbons (Fsp3) is 1.00. The second kappa shape index (κ2) is 9.75. The Morgan fingerprint density at radius 3 is 1.00 bits per heavy atom. The molecule has 40 heavy (non-hydrogen) atoms. The molecule has 23 heteroatoms. The maximum Gasteiger partial charge on any atom is 0.392 e. The van der Waals surface area contributed by atoms with Gasteiger partial charge in [-0.2, -0.15) is 79.0 Å². The van der Waals surface area contributed by atoms with E-state index < -0.39 is 72.2 Å². The zero-order valence-corrected chi connectivity index (χ0v) is 18.9. The van der Waals surface area contributed by atoms with Crippen molar-refractivity contribution in [1.29, 1.82) is 0 Å². The average Bonchev–Trinajstić information content (AvgIpc) is 2.75. The third-order valence-electron chi connectivity index (χ3n) is 5.26. The standard InChI is InChI=1S/C12H3F21O.C5H10O/c13-1-2(14)6(20,21)34-3(15)5(18,19)8(24,25)10(28,29)12(32,33)11(30,31)9(26,27)7(22,23)4(1,16)17;1-5(2)3-6-4-5/h1-3H;3-4H2,1-2H3. The molecule has 3 atom stereocenters. The SMILES string of the molecule is CC1(C)COC1.FC1C(F)C(F)(F)C(F)(F)C(F)(F)C(F)(F)C(F)(F)C(F)(F)C(F)(F)C(F)(F)C(F)OC1(F)F. The highest BCUT2D eigenvalue weighted by atomic mass is 19.4. The van der Waals surface area contributed by atoms with Crippen LogP contribution in [-0.4, -0.2) is 85.4 Å². The highest BCUT2D eigenvalue weighted by Gasteiger charge is 2.96. The number of rotatable bonds is 0. The third-order valence-corrected chi connectivity index (χ3v) is 5.26. The van der Waals surface area contributed by atoms with Gasteiger partial charge in [-0.05, 0) is 0 Å². The minimum atomic E-state index is -9.00. The van der Waals surface area contributed by atoms with Gasteiger partial charge in [0.15, 0.2) is 0 Å². The van der Waals surface area contributed by atoms with Gasteiger partial charge < -0.3 is 4.74 Å². The molecule has 0 amide bonds. The van der Waals surface area contributed by atoms with E-state index in [-0.39, 0.29) is 0 Å². The van der Waals surface area contributed by atoms with Crippen LogP contribution in [0.5, 0.6) is 0 Å². The van der Waals surface area contributed by atoms with E-state index in [0.29, 0.717) is 5.41 Å². The molecule has 0 spiro atoms. The third kappa shape index (κ3) is 4.92. The first-order valence-electron chi connectivity index (χ1n) is 9.73. The van der Waals surface area contributed by atoms with E-state index in [2.05, 4.69) is 13.8 Å². The number of ether oxygens (including phenoxy) is 2. The lowest BCUT2D eigenvalue weighted by Gasteiger charge is -2.43. The van der Waals surface area contributed by atoms with Gasteiger partial charge in [-0.15, -0.1) is 0 Å². The van der Waals surface area contributed by atoms with E-state index in [1.807, 2.05) is 0 Å². The van der Waals surface area contributed by atoms with Crippen molar-refractivity contribution in [3.63, 3.8) is 0 Å². The Hall–Kier alpha value is -1.55. The van der Waals surface area contributed by atoms with E-state index in [1.54, 1.807) is 4.74 Å². The summed E-state index contributed by atoms with van der Waals surface area (Å²) < 4.78 is 286. The summed E-state index contributed by atoms with van der Waals surface area (Å²) in [7, 11) is 0. The fourth-order valence-electron chi connectivity index (χ4n) is 2.66. The molecule has 0 aromatic rings. The molecule has 0 N–H and O–H groups in total. The van der Waals surface area contributed by atoms with Crippen LogP contribution in [0.3, 0.4) is 0 Å². The molecule has 0 saturated carbocycles. The average molecular weight is 648 g/mol. The lowest BCUT2D eigenvalue weighted by atomic mass is 9.86. The summed E-state index contributed by atoms with van der Waals surface area (Å²) in [5.74, 6) is -68.9. The molecule has 2 fully saturated rings. The van der Waals surface area contributed by atoms with Crippen molar-refractivity contribution < 1.29 is 102 Å². The predicted octanol–water partition coefficient (Wildman–Crippen LogP) is 7.71. The quantitative estimate of drug-likeness (QED) is 0.251. The van der Waals surface area contributed by atoms with E-state index in [1.165, 1.54) is 0 Å². The molecule has 2 aliphatic rings. The van der Waals surface area contributed by atoms with Crippen LogP contribution in [0.1, 0.15) is 13.8 Å². The maximum atomic E-state index is 13.4. The molecule has 0 radical (unpaired) electrons. The topological polar surface area (TPSA) is 18.5 Å². The number of hydrogen-bond acceptors (Lipinski definition) is 2. The van der Waals surface area contributed by atoms with E-state index in [0.717, 1.165) is 13.2 Å². The van der Waals surface area contributed by atoms with Crippen LogP contribution in [-0.2, 0) is 9.47 Å². The van der Waals surface area contributed by atoms with Gasteiger partial charge in [0.1, 0.15) is 0 Å². The zero-order valence-electron chi connectivity index (χ0n) is 18.9. The van der Waals surface area contributed by atoms with Gasteiger partial charge in [-0.3, -0.25) is 4.74 Å². The second-order valence-electron chi connectivity index (χ2n) is 9.15. The molecule has 2 aliphatic heterocycles.